The molecule has 3 atom stereocenters. The molecule has 1 saturated heterocycles. The Kier molecular flexibility index (Phi) is 6.27. The maximum atomic E-state index is 13.3. The molecule has 2 aliphatic rings. The number of amides is 2. The van der Waals surface area contributed by atoms with E-state index in [-0.39, 0.29) is 23.8 Å². The van der Waals surface area contributed by atoms with Crippen LogP contribution in [0.25, 0.3) is 11.1 Å². The number of nitrogens with one attached hydrogen (secondary N) is 1. The Bertz CT molecular complexity index is 985. The first-order valence-corrected chi connectivity index (χ1v) is 11.6. The zero-order chi connectivity index (χ0) is 22.9. The minimum Gasteiger partial charge on any atom is -0.496 e. The molecule has 5 nitrogen and oxygen atoms in total. The van der Waals surface area contributed by atoms with E-state index in [4.69, 9.17) is 4.74 Å². The third-order valence-electron chi connectivity index (χ3n) is 6.91. The van der Waals surface area contributed by atoms with Gasteiger partial charge in [-0.15, -0.1) is 0 Å². The maximum Gasteiger partial charge on any atom is 0.228 e. The number of likely N-dealkylation sites (tertiary alicyclic amines) is 1. The van der Waals surface area contributed by atoms with Gasteiger partial charge in [-0.3, -0.25) is 9.59 Å². The van der Waals surface area contributed by atoms with Crippen molar-refractivity contribution >= 4 is 11.8 Å². The average molecular weight is 435 g/mol. The molecule has 0 spiro atoms. The second-order valence-corrected chi connectivity index (χ2v) is 9.81. The van der Waals surface area contributed by atoms with Gasteiger partial charge in [0.2, 0.25) is 11.8 Å². The molecule has 170 valence electrons. The van der Waals surface area contributed by atoms with Crippen LogP contribution in [0, 0.1) is 17.3 Å². The van der Waals surface area contributed by atoms with E-state index < -0.39 is 5.41 Å². The van der Waals surface area contributed by atoms with Crippen LogP contribution in [-0.2, 0) is 16.0 Å². The molecule has 1 saturated carbocycles. The van der Waals surface area contributed by atoms with Crippen molar-refractivity contribution in [2.75, 3.05) is 20.2 Å². The highest BCUT2D eigenvalue weighted by atomic mass is 16.5. The van der Waals surface area contributed by atoms with Crippen molar-refractivity contribution in [2.24, 2.45) is 17.3 Å². The van der Waals surface area contributed by atoms with Crippen LogP contribution in [0.3, 0.4) is 0 Å². The summed E-state index contributed by atoms with van der Waals surface area (Å²) in [4.78, 5) is 28.1. The Morgan fingerprint density at radius 3 is 2.47 bits per heavy atom. The number of carbonyl (C=O) groups excluding carboxylic acids is 2. The van der Waals surface area contributed by atoms with Gasteiger partial charge in [-0.2, -0.15) is 0 Å². The normalized spacial score (nSPS) is 24.5. The number of rotatable bonds is 7. The number of para-hydroxylation sites is 1. The number of methoxy groups -OCH3 is 1. The molecule has 1 aliphatic carbocycles. The molecule has 2 amide bonds. The van der Waals surface area contributed by atoms with E-state index in [2.05, 4.69) is 36.5 Å². The summed E-state index contributed by atoms with van der Waals surface area (Å²) in [7, 11) is 1.68. The number of carbonyl (C=O) groups is 2. The summed E-state index contributed by atoms with van der Waals surface area (Å²) >= 11 is 0. The van der Waals surface area contributed by atoms with Crippen molar-refractivity contribution in [3.63, 3.8) is 0 Å². The maximum absolute atomic E-state index is 13.3. The summed E-state index contributed by atoms with van der Waals surface area (Å²) in [5.41, 5.74) is 2.66. The third-order valence-corrected chi connectivity index (χ3v) is 6.91. The molecular weight excluding hydrogens is 400 g/mol. The molecule has 2 aromatic carbocycles. The van der Waals surface area contributed by atoms with E-state index in [1.807, 2.05) is 43.0 Å². The van der Waals surface area contributed by atoms with Gasteiger partial charge in [-0.05, 0) is 56.2 Å². The SMILES string of the molecule is COc1ccccc1-c1ccc(C[C@]2(C(=O)NC(C)C)CCN(C(=O)[C@@H]3C[C@@H]3C)C2)cc1. The lowest BCUT2D eigenvalue weighted by molar-refractivity contribution is -0.134. The monoisotopic (exact) mass is 434 g/mol. The van der Waals surface area contributed by atoms with Gasteiger partial charge in [0.25, 0.3) is 0 Å². The van der Waals surface area contributed by atoms with Crippen LogP contribution in [0.2, 0.25) is 0 Å². The molecule has 1 heterocycles. The summed E-state index contributed by atoms with van der Waals surface area (Å²) in [5, 5.41) is 3.12. The molecule has 0 aromatic heterocycles. The average Bonchev–Trinajstić information content (AvgIpc) is 3.36. The fourth-order valence-corrected chi connectivity index (χ4v) is 4.86. The molecule has 0 bridgehead atoms. The first kappa shape index (κ1) is 22.4. The molecule has 1 N–H and O–H groups in total. The Labute approximate surface area is 191 Å². The number of hydrogen-bond donors (Lipinski definition) is 1. The van der Waals surface area contributed by atoms with Gasteiger partial charge in [0.1, 0.15) is 5.75 Å². The molecule has 4 rings (SSSR count). The summed E-state index contributed by atoms with van der Waals surface area (Å²) in [5.74, 6) is 1.75. The minimum atomic E-state index is -0.579. The second kappa shape index (κ2) is 8.97. The highest BCUT2D eigenvalue weighted by Gasteiger charge is 2.49. The topological polar surface area (TPSA) is 58.6 Å². The van der Waals surface area contributed by atoms with Gasteiger partial charge < -0.3 is 15.0 Å². The molecule has 0 radical (unpaired) electrons. The van der Waals surface area contributed by atoms with Crippen LogP contribution in [0.15, 0.2) is 48.5 Å². The fourth-order valence-electron chi connectivity index (χ4n) is 4.86. The molecule has 2 fully saturated rings. The molecule has 5 heteroatoms. The standard InChI is InChI=1S/C27H34N2O3/c1-18(2)28-26(31)27(13-14-29(17-27)25(30)23-15-19(23)3)16-20-9-11-21(12-10-20)22-7-5-6-8-24(22)32-4/h5-12,18-19,23H,13-17H2,1-4H3,(H,28,31)/t19-,23+,27+/m0/s1. The number of hydrogen-bond acceptors (Lipinski definition) is 3. The summed E-state index contributed by atoms with van der Waals surface area (Å²) < 4.78 is 5.50. The molecular formula is C27H34N2O3. The Balaban J connectivity index is 1.55. The van der Waals surface area contributed by atoms with Crippen LogP contribution >= 0.6 is 0 Å². The lowest BCUT2D eigenvalue weighted by atomic mass is 9.79. The van der Waals surface area contributed by atoms with Crippen molar-refractivity contribution < 1.29 is 14.3 Å². The van der Waals surface area contributed by atoms with E-state index in [9.17, 15) is 9.59 Å². The van der Waals surface area contributed by atoms with Crippen LogP contribution in [0.4, 0.5) is 0 Å². The predicted molar refractivity (Wildman–Crippen MR) is 126 cm³/mol. The summed E-state index contributed by atoms with van der Waals surface area (Å²) in [6, 6.07) is 16.4. The third kappa shape index (κ3) is 4.52. The molecule has 2 aromatic rings. The van der Waals surface area contributed by atoms with E-state index in [1.165, 1.54) is 0 Å². The van der Waals surface area contributed by atoms with Gasteiger partial charge in [0, 0.05) is 30.6 Å². The van der Waals surface area contributed by atoms with Crippen LogP contribution < -0.4 is 10.1 Å². The van der Waals surface area contributed by atoms with E-state index in [1.54, 1.807) is 7.11 Å². The highest BCUT2D eigenvalue weighted by molar-refractivity contribution is 5.87. The number of nitrogens with zero attached hydrogens (tertiary/aromatic N) is 1. The van der Waals surface area contributed by atoms with Crippen molar-refractivity contribution in [2.45, 2.75) is 46.1 Å². The lowest BCUT2D eigenvalue weighted by Gasteiger charge is -2.29. The second-order valence-electron chi connectivity index (χ2n) is 9.81. The van der Waals surface area contributed by atoms with Crippen molar-refractivity contribution in [3.8, 4) is 16.9 Å². The zero-order valence-corrected chi connectivity index (χ0v) is 19.6. The molecule has 1 aliphatic heterocycles. The van der Waals surface area contributed by atoms with Gasteiger partial charge in [-0.25, -0.2) is 0 Å². The van der Waals surface area contributed by atoms with Crippen molar-refractivity contribution in [3.05, 3.63) is 54.1 Å². The van der Waals surface area contributed by atoms with Crippen LogP contribution in [0.5, 0.6) is 5.75 Å². The van der Waals surface area contributed by atoms with Crippen LogP contribution in [-0.4, -0.2) is 43.0 Å². The summed E-state index contributed by atoms with van der Waals surface area (Å²) in [6.07, 6.45) is 2.30. The van der Waals surface area contributed by atoms with Gasteiger partial charge in [0.05, 0.1) is 12.5 Å². The Morgan fingerprint density at radius 1 is 1.16 bits per heavy atom. The van der Waals surface area contributed by atoms with Gasteiger partial charge in [0.15, 0.2) is 0 Å². The Hall–Kier alpha value is -2.82. The Morgan fingerprint density at radius 2 is 1.84 bits per heavy atom. The van der Waals surface area contributed by atoms with Crippen molar-refractivity contribution in [1.29, 1.82) is 0 Å². The highest BCUT2D eigenvalue weighted by Crippen LogP contribution is 2.42. The first-order chi connectivity index (χ1) is 15.3. The fraction of sp³-hybridized carbons (Fsp3) is 0.481. The quantitative estimate of drug-likeness (QED) is 0.707. The van der Waals surface area contributed by atoms with Crippen LogP contribution in [0.1, 0.15) is 39.2 Å². The van der Waals surface area contributed by atoms with Gasteiger partial charge in [-0.1, -0.05) is 49.4 Å². The lowest BCUT2D eigenvalue weighted by Crippen LogP contribution is -2.47. The predicted octanol–water partition coefficient (Wildman–Crippen LogP) is 4.30. The summed E-state index contributed by atoms with van der Waals surface area (Å²) in [6.45, 7) is 7.25. The van der Waals surface area contributed by atoms with E-state index in [0.717, 1.165) is 28.9 Å². The molecule has 32 heavy (non-hydrogen) atoms. The zero-order valence-electron chi connectivity index (χ0n) is 19.6. The first-order valence-electron chi connectivity index (χ1n) is 11.6. The number of ether oxygens (including phenoxy) is 1. The smallest absolute Gasteiger partial charge is 0.228 e. The number of benzene rings is 2. The molecule has 0 unspecified atom stereocenters. The van der Waals surface area contributed by atoms with E-state index in [0.29, 0.717) is 31.8 Å². The van der Waals surface area contributed by atoms with Gasteiger partial charge >= 0.3 is 0 Å². The largest absolute Gasteiger partial charge is 0.496 e. The van der Waals surface area contributed by atoms with E-state index >= 15 is 0 Å². The minimum absolute atomic E-state index is 0.0560. The van der Waals surface area contributed by atoms with Crippen molar-refractivity contribution in [1.82, 2.24) is 10.2 Å².